The Morgan fingerprint density at radius 3 is 2.74 bits per heavy atom. The monoisotopic (exact) mass is 264 g/mol. The van der Waals surface area contributed by atoms with Crippen LogP contribution in [0.1, 0.15) is 44.7 Å². The molecule has 0 saturated carbocycles. The van der Waals surface area contributed by atoms with Gasteiger partial charge in [-0.05, 0) is 38.4 Å². The minimum Gasteiger partial charge on any atom is -0.315 e. The van der Waals surface area contributed by atoms with Gasteiger partial charge in [0.05, 0.1) is 0 Å². The van der Waals surface area contributed by atoms with Gasteiger partial charge in [0.15, 0.2) is 0 Å². The zero-order chi connectivity index (χ0) is 13.7. The molecule has 1 fully saturated rings. The molecule has 1 saturated heterocycles. The van der Waals surface area contributed by atoms with Crippen molar-refractivity contribution >= 4 is 0 Å². The van der Waals surface area contributed by atoms with Crippen molar-refractivity contribution in [3.63, 3.8) is 0 Å². The van der Waals surface area contributed by atoms with Gasteiger partial charge in [0.2, 0.25) is 0 Å². The highest BCUT2D eigenvalue weighted by Gasteiger charge is 2.27. The fourth-order valence-electron chi connectivity index (χ4n) is 3.23. The van der Waals surface area contributed by atoms with E-state index in [1.165, 1.54) is 12.8 Å². The summed E-state index contributed by atoms with van der Waals surface area (Å²) in [7, 11) is 0. The van der Waals surface area contributed by atoms with Crippen molar-refractivity contribution in [2.24, 2.45) is 0 Å². The first-order valence-electron chi connectivity index (χ1n) is 7.48. The summed E-state index contributed by atoms with van der Waals surface area (Å²) < 4.78 is 14.0. The van der Waals surface area contributed by atoms with Gasteiger partial charge >= 0.3 is 0 Å². The average Bonchev–Trinajstić information content (AvgIpc) is 2.46. The molecule has 0 spiro atoms. The molecule has 2 unspecified atom stereocenters. The van der Waals surface area contributed by atoms with Crippen LogP contribution in [0.3, 0.4) is 0 Å². The van der Waals surface area contributed by atoms with Gasteiger partial charge in [-0.2, -0.15) is 0 Å². The highest BCUT2D eigenvalue weighted by atomic mass is 19.1. The molecular formula is C16H25FN2. The summed E-state index contributed by atoms with van der Waals surface area (Å²) in [5.74, 6) is -0.0726. The molecule has 0 bridgehead atoms. The topological polar surface area (TPSA) is 15.3 Å². The van der Waals surface area contributed by atoms with Crippen LogP contribution in [0.4, 0.5) is 4.39 Å². The van der Waals surface area contributed by atoms with E-state index in [4.69, 9.17) is 0 Å². The van der Waals surface area contributed by atoms with Crippen LogP contribution >= 0.6 is 0 Å². The number of halogens is 1. The quantitative estimate of drug-likeness (QED) is 0.877. The average molecular weight is 264 g/mol. The Morgan fingerprint density at radius 1 is 1.37 bits per heavy atom. The SMILES string of the molecule is CCC(c1ccccc1F)N(CC)C1CCCNC1. The summed E-state index contributed by atoms with van der Waals surface area (Å²) >= 11 is 0. The van der Waals surface area contributed by atoms with Crippen LogP contribution in [-0.2, 0) is 0 Å². The van der Waals surface area contributed by atoms with Crippen LogP contribution in [0, 0.1) is 5.82 Å². The maximum atomic E-state index is 14.0. The van der Waals surface area contributed by atoms with E-state index >= 15 is 0 Å². The molecule has 0 aromatic heterocycles. The van der Waals surface area contributed by atoms with Crippen LogP contribution in [0.5, 0.6) is 0 Å². The van der Waals surface area contributed by atoms with E-state index in [0.717, 1.165) is 31.6 Å². The number of piperidine rings is 1. The van der Waals surface area contributed by atoms with Gasteiger partial charge in [-0.25, -0.2) is 4.39 Å². The van der Waals surface area contributed by atoms with Crippen LogP contribution in [0.2, 0.25) is 0 Å². The molecule has 3 heteroatoms. The number of likely N-dealkylation sites (N-methyl/N-ethyl adjacent to an activating group) is 1. The number of nitrogens with zero attached hydrogens (tertiary/aromatic N) is 1. The maximum Gasteiger partial charge on any atom is 0.127 e. The Kier molecular flexibility index (Phi) is 5.34. The van der Waals surface area contributed by atoms with Crippen molar-refractivity contribution in [3.8, 4) is 0 Å². The van der Waals surface area contributed by atoms with Gasteiger partial charge in [-0.15, -0.1) is 0 Å². The molecule has 1 aromatic carbocycles. The predicted octanol–water partition coefficient (Wildman–Crippen LogP) is 3.35. The molecule has 0 aliphatic carbocycles. The minimum atomic E-state index is -0.0726. The molecule has 1 N–H and O–H groups in total. The fourth-order valence-corrected chi connectivity index (χ4v) is 3.23. The smallest absolute Gasteiger partial charge is 0.127 e. The summed E-state index contributed by atoms with van der Waals surface area (Å²) in [4.78, 5) is 2.46. The Labute approximate surface area is 116 Å². The highest BCUT2D eigenvalue weighted by Crippen LogP contribution is 2.29. The standard InChI is InChI=1S/C16H25FN2/c1-3-16(14-9-5-6-10-15(14)17)19(4-2)13-8-7-11-18-12-13/h5-6,9-10,13,16,18H,3-4,7-8,11-12H2,1-2H3. The zero-order valence-electron chi connectivity index (χ0n) is 12.0. The summed E-state index contributed by atoms with van der Waals surface area (Å²) in [6.07, 6.45) is 3.38. The number of hydrogen-bond donors (Lipinski definition) is 1. The lowest BCUT2D eigenvalue weighted by atomic mass is 9.97. The highest BCUT2D eigenvalue weighted by molar-refractivity contribution is 5.21. The van der Waals surface area contributed by atoms with E-state index in [1.54, 1.807) is 12.1 Å². The maximum absolute atomic E-state index is 14.0. The van der Waals surface area contributed by atoms with E-state index in [9.17, 15) is 4.39 Å². The van der Waals surface area contributed by atoms with Crippen LogP contribution in [0.15, 0.2) is 24.3 Å². The summed E-state index contributed by atoms with van der Waals surface area (Å²) in [5.41, 5.74) is 0.845. The van der Waals surface area contributed by atoms with Crippen LogP contribution < -0.4 is 5.32 Å². The second-order valence-corrected chi connectivity index (χ2v) is 5.28. The molecular weight excluding hydrogens is 239 g/mol. The Hall–Kier alpha value is -0.930. The second kappa shape index (κ2) is 7.01. The molecule has 1 aromatic rings. The van der Waals surface area contributed by atoms with E-state index in [1.807, 2.05) is 12.1 Å². The third-order valence-corrected chi connectivity index (χ3v) is 4.16. The van der Waals surface area contributed by atoms with Crippen molar-refractivity contribution < 1.29 is 4.39 Å². The largest absolute Gasteiger partial charge is 0.315 e. The fraction of sp³-hybridized carbons (Fsp3) is 0.625. The van der Waals surface area contributed by atoms with Crippen molar-refractivity contribution in [1.29, 1.82) is 0 Å². The van der Waals surface area contributed by atoms with E-state index < -0.39 is 0 Å². The lowest BCUT2D eigenvalue weighted by molar-refractivity contribution is 0.113. The van der Waals surface area contributed by atoms with Crippen LogP contribution in [-0.4, -0.2) is 30.6 Å². The van der Waals surface area contributed by atoms with Gasteiger partial charge in [0, 0.05) is 24.2 Å². The molecule has 1 aliphatic heterocycles. The van der Waals surface area contributed by atoms with Crippen molar-refractivity contribution in [3.05, 3.63) is 35.6 Å². The summed E-state index contributed by atoms with van der Waals surface area (Å²) in [6.45, 7) is 7.44. The normalized spacial score (nSPS) is 21.6. The van der Waals surface area contributed by atoms with Gasteiger partial charge in [0.25, 0.3) is 0 Å². The molecule has 2 rings (SSSR count). The van der Waals surface area contributed by atoms with Gasteiger partial charge < -0.3 is 5.32 Å². The number of hydrogen-bond acceptors (Lipinski definition) is 2. The second-order valence-electron chi connectivity index (χ2n) is 5.28. The van der Waals surface area contributed by atoms with Gasteiger partial charge in [-0.1, -0.05) is 32.0 Å². The molecule has 0 radical (unpaired) electrons. The van der Waals surface area contributed by atoms with Gasteiger partial charge in [-0.3, -0.25) is 4.90 Å². The van der Waals surface area contributed by atoms with Crippen molar-refractivity contribution in [2.45, 2.75) is 45.2 Å². The summed E-state index contributed by atoms with van der Waals surface area (Å²) in [6, 6.07) is 7.94. The molecule has 1 heterocycles. The molecule has 0 amide bonds. The molecule has 106 valence electrons. The Bertz CT molecular complexity index is 388. The number of nitrogens with one attached hydrogen (secondary N) is 1. The van der Waals surface area contributed by atoms with E-state index in [2.05, 4.69) is 24.1 Å². The van der Waals surface area contributed by atoms with E-state index in [-0.39, 0.29) is 11.9 Å². The van der Waals surface area contributed by atoms with Crippen LogP contribution in [0.25, 0.3) is 0 Å². The first-order valence-corrected chi connectivity index (χ1v) is 7.48. The lowest BCUT2D eigenvalue weighted by Gasteiger charge is -2.39. The lowest BCUT2D eigenvalue weighted by Crippen LogP contribution is -2.47. The molecule has 19 heavy (non-hydrogen) atoms. The minimum absolute atomic E-state index is 0.0726. The van der Waals surface area contributed by atoms with Crippen molar-refractivity contribution in [1.82, 2.24) is 10.2 Å². The molecule has 2 atom stereocenters. The Morgan fingerprint density at radius 2 is 2.16 bits per heavy atom. The number of benzene rings is 1. The first kappa shape index (κ1) is 14.5. The number of rotatable bonds is 5. The predicted molar refractivity (Wildman–Crippen MR) is 77.7 cm³/mol. The van der Waals surface area contributed by atoms with Gasteiger partial charge in [0.1, 0.15) is 5.82 Å². The zero-order valence-corrected chi connectivity index (χ0v) is 12.0. The third kappa shape index (κ3) is 3.34. The van der Waals surface area contributed by atoms with Crippen molar-refractivity contribution in [2.75, 3.05) is 19.6 Å². The molecule has 2 nitrogen and oxygen atoms in total. The Balaban J connectivity index is 2.20. The van der Waals surface area contributed by atoms with E-state index in [0.29, 0.717) is 6.04 Å². The summed E-state index contributed by atoms with van der Waals surface area (Å²) in [5, 5.41) is 3.46. The first-order chi connectivity index (χ1) is 9.27. The molecule has 1 aliphatic rings. The third-order valence-electron chi connectivity index (χ3n) is 4.16.